The number of rotatable bonds is 2. The van der Waals surface area contributed by atoms with E-state index in [1.165, 1.54) is 0 Å². The van der Waals surface area contributed by atoms with Gasteiger partial charge in [-0.3, -0.25) is 4.79 Å². The summed E-state index contributed by atoms with van der Waals surface area (Å²) in [7, 11) is 0. The Morgan fingerprint density at radius 2 is 2.22 bits per heavy atom. The van der Waals surface area contributed by atoms with Crippen molar-refractivity contribution in [2.24, 2.45) is 5.92 Å². The maximum absolute atomic E-state index is 13.6. The van der Waals surface area contributed by atoms with Gasteiger partial charge in [0.05, 0.1) is 5.56 Å². The molecule has 0 radical (unpaired) electrons. The standard InChI is InChI=1S/C13H14BrF2NO/c1-8-4-5-17(12(8)7-14)13(18)10-6-9(15)2-3-11(10)16/h2-3,6,8,12H,4-5,7H2,1H3. The van der Waals surface area contributed by atoms with Crippen LogP contribution in [0.1, 0.15) is 23.7 Å². The van der Waals surface area contributed by atoms with Crippen LogP contribution in [0.5, 0.6) is 0 Å². The number of benzene rings is 1. The molecule has 1 aromatic rings. The number of nitrogens with zero attached hydrogens (tertiary/aromatic N) is 1. The first-order valence-corrected chi connectivity index (χ1v) is 6.98. The Morgan fingerprint density at radius 1 is 1.50 bits per heavy atom. The average Bonchev–Trinajstić information content (AvgIpc) is 2.72. The van der Waals surface area contributed by atoms with Gasteiger partial charge in [0.1, 0.15) is 11.6 Å². The lowest BCUT2D eigenvalue weighted by atomic mass is 10.0. The van der Waals surface area contributed by atoms with Crippen LogP contribution in [0.2, 0.25) is 0 Å². The van der Waals surface area contributed by atoms with Gasteiger partial charge in [-0.2, -0.15) is 0 Å². The van der Waals surface area contributed by atoms with E-state index in [-0.39, 0.29) is 11.6 Å². The number of carbonyl (C=O) groups excluding carboxylic acids is 1. The first kappa shape index (κ1) is 13.5. The molecule has 1 aliphatic rings. The Hall–Kier alpha value is -0.970. The van der Waals surface area contributed by atoms with Crippen LogP contribution in [0.3, 0.4) is 0 Å². The second-order valence-electron chi connectivity index (χ2n) is 4.61. The van der Waals surface area contributed by atoms with Crippen molar-refractivity contribution in [1.82, 2.24) is 4.90 Å². The van der Waals surface area contributed by atoms with E-state index in [1.54, 1.807) is 4.90 Å². The zero-order valence-electron chi connectivity index (χ0n) is 10.00. The topological polar surface area (TPSA) is 20.3 Å². The summed E-state index contributed by atoms with van der Waals surface area (Å²) >= 11 is 3.37. The van der Waals surface area contributed by atoms with Crippen LogP contribution in [-0.4, -0.2) is 28.7 Å². The van der Waals surface area contributed by atoms with Gasteiger partial charge in [-0.1, -0.05) is 22.9 Å². The van der Waals surface area contributed by atoms with E-state index in [1.807, 2.05) is 0 Å². The molecule has 0 saturated carbocycles. The van der Waals surface area contributed by atoms with E-state index in [9.17, 15) is 13.6 Å². The predicted octanol–water partition coefficient (Wildman–Crippen LogP) is 3.21. The molecule has 0 spiro atoms. The molecule has 1 aliphatic heterocycles. The fraction of sp³-hybridized carbons (Fsp3) is 0.462. The zero-order valence-corrected chi connectivity index (χ0v) is 11.6. The van der Waals surface area contributed by atoms with Gasteiger partial charge < -0.3 is 4.90 Å². The highest BCUT2D eigenvalue weighted by atomic mass is 79.9. The summed E-state index contributed by atoms with van der Waals surface area (Å²) < 4.78 is 26.7. The van der Waals surface area contributed by atoms with Crippen molar-refractivity contribution < 1.29 is 13.6 Å². The van der Waals surface area contributed by atoms with Gasteiger partial charge in [-0.15, -0.1) is 0 Å². The van der Waals surface area contributed by atoms with Crippen LogP contribution < -0.4 is 0 Å². The zero-order chi connectivity index (χ0) is 13.3. The maximum Gasteiger partial charge on any atom is 0.257 e. The summed E-state index contributed by atoms with van der Waals surface area (Å²) in [6.07, 6.45) is 0.888. The molecule has 2 nitrogen and oxygen atoms in total. The molecule has 2 atom stereocenters. The minimum Gasteiger partial charge on any atom is -0.334 e. The highest BCUT2D eigenvalue weighted by molar-refractivity contribution is 9.09. The number of carbonyl (C=O) groups is 1. The third kappa shape index (κ3) is 2.41. The van der Waals surface area contributed by atoms with Crippen molar-refractivity contribution in [3.63, 3.8) is 0 Å². The monoisotopic (exact) mass is 317 g/mol. The molecule has 5 heteroatoms. The van der Waals surface area contributed by atoms with Gasteiger partial charge in [0.15, 0.2) is 0 Å². The molecular weight excluding hydrogens is 304 g/mol. The minimum atomic E-state index is -0.672. The number of hydrogen-bond acceptors (Lipinski definition) is 1. The molecule has 2 unspecified atom stereocenters. The predicted molar refractivity (Wildman–Crippen MR) is 68.8 cm³/mol. The lowest BCUT2D eigenvalue weighted by molar-refractivity contribution is 0.0733. The summed E-state index contributed by atoms with van der Waals surface area (Å²) in [5.74, 6) is -1.33. The van der Waals surface area contributed by atoms with Crippen molar-refractivity contribution in [3.05, 3.63) is 35.4 Å². The Labute approximate surface area is 113 Å². The van der Waals surface area contributed by atoms with Crippen molar-refractivity contribution in [2.75, 3.05) is 11.9 Å². The maximum atomic E-state index is 13.6. The van der Waals surface area contributed by atoms with E-state index in [2.05, 4.69) is 22.9 Å². The Kier molecular flexibility index (Phi) is 4.00. The Morgan fingerprint density at radius 3 is 2.89 bits per heavy atom. The molecule has 1 heterocycles. The quantitative estimate of drug-likeness (QED) is 0.767. The molecule has 0 N–H and O–H groups in total. The van der Waals surface area contributed by atoms with Crippen LogP contribution >= 0.6 is 15.9 Å². The first-order valence-electron chi connectivity index (χ1n) is 5.86. The fourth-order valence-corrected chi connectivity index (χ4v) is 3.30. The van der Waals surface area contributed by atoms with Gasteiger partial charge >= 0.3 is 0 Å². The molecule has 1 saturated heterocycles. The van der Waals surface area contributed by atoms with Gasteiger partial charge in [0.2, 0.25) is 0 Å². The molecule has 98 valence electrons. The molecule has 0 bridgehead atoms. The number of hydrogen-bond donors (Lipinski definition) is 0. The summed E-state index contributed by atoms with van der Waals surface area (Å²) in [6, 6.07) is 3.01. The van der Waals surface area contributed by atoms with Crippen molar-refractivity contribution in [2.45, 2.75) is 19.4 Å². The van der Waals surface area contributed by atoms with E-state index >= 15 is 0 Å². The third-order valence-electron chi connectivity index (χ3n) is 3.46. The molecule has 0 aromatic heterocycles. The lowest BCUT2D eigenvalue weighted by Crippen LogP contribution is -2.39. The molecule has 0 aliphatic carbocycles. The van der Waals surface area contributed by atoms with Gasteiger partial charge in [-0.25, -0.2) is 8.78 Å². The first-order chi connectivity index (χ1) is 8.54. The summed E-state index contributed by atoms with van der Waals surface area (Å²) in [4.78, 5) is 13.9. The van der Waals surface area contributed by atoms with Crippen molar-refractivity contribution >= 4 is 21.8 Å². The molecule has 18 heavy (non-hydrogen) atoms. The van der Waals surface area contributed by atoms with E-state index in [4.69, 9.17) is 0 Å². The van der Waals surface area contributed by atoms with Crippen LogP contribution in [0, 0.1) is 17.6 Å². The van der Waals surface area contributed by atoms with Crippen molar-refractivity contribution in [1.29, 1.82) is 0 Å². The van der Waals surface area contributed by atoms with Crippen LogP contribution in [0.25, 0.3) is 0 Å². The highest BCUT2D eigenvalue weighted by Crippen LogP contribution is 2.27. The fourth-order valence-electron chi connectivity index (χ4n) is 2.31. The van der Waals surface area contributed by atoms with Crippen LogP contribution in [0.15, 0.2) is 18.2 Å². The SMILES string of the molecule is CC1CCN(C(=O)c2cc(F)ccc2F)C1CBr. The van der Waals surface area contributed by atoms with Gasteiger partial charge in [0, 0.05) is 17.9 Å². The average molecular weight is 318 g/mol. The normalized spacial score (nSPS) is 23.4. The Bertz CT molecular complexity index is 466. The molecule has 1 aromatic carbocycles. The molecule has 1 fully saturated rings. The number of halogens is 3. The summed E-state index contributed by atoms with van der Waals surface area (Å²) in [6.45, 7) is 2.65. The molecule has 2 rings (SSSR count). The number of amides is 1. The number of likely N-dealkylation sites (tertiary alicyclic amines) is 1. The van der Waals surface area contributed by atoms with Crippen LogP contribution in [0.4, 0.5) is 8.78 Å². The number of alkyl halides is 1. The second-order valence-corrected chi connectivity index (χ2v) is 5.26. The van der Waals surface area contributed by atoms with E-state index in [0.717, 1.165) is 24.6 Å². The van der Waals surface area contributed by atoms with Crippen LogP contribution in [-0.2, 0) is 0 Å². The third-order valence-corrected chi connectivity index (χ3v) is 4.12. The summed E-state index contributed by atoms with van der Waals surface area (Å²) in [5, 5.41) is 0.650. The molecule has 1 amide bonds. The van der Waals surface area contributed by atoms with Gasteiger partial charge in [-0.05, 0) is 30.5 Å². The smallest absolute Gasteiger partial charge is 0.257 e. The minimum absolute atomic E-state index is 0.0418. The van der Waals surface area contributed by atoms with Crippen molar-refractivity contribution in [3.8, 4) is 0 Å². The molecular formula is C13H14BrF2NO. The highest BCUT2D eigenvalue weighted by Gasteiger charge is 2.34. The Balaban J connectivity index is 2.28. The summed E-state index contributed by atoms with van der Waals surface area (Å²) in [5.41, 5.74) is -0.185. The lowest BCUT2D eigenvalue weighted by Gasteiger charge is -2.25. The van der Waals surface area contributed by atoms with Gasteiger partial charge in [0.25, 0.3) is 5.91 Å². The largest absolute Gasteiger partial charge is 0.334 e. The van der Waals surface area contributed by atoms with E-state index < -0.39 is 17.5 Å². The second kappa shape index (κ2) is 5.34. The van der Waals surface area contributed by atoms with E-state index in [0.29, 0.717) is 17.8 Å².